The number of hydrogen-bond acceptors (Lipinski definition) is 6. The van der Waals surface area contributed by atoms with Crippen molar-refractivity contribution in [1.29, 1.82) is 0 Å². The van der Waals surface area contributed by atoms with Gasteiger partial charge < -0.3 is 9.47 Å². The standard InChI is InChI=1S/C25H33NO6S/c1-31-24-17-22(15-16-23(24)32-20-12-6-7-13-20)33(29,30)21(18-25(27)26-28)14-8-5-11-19-9-3-2-4-10-19/h2-4,9-10,15-17,20-21,28H,5-8,11-14,18H2,1H3,(H,26,27). The molecule has 2 aromatic rings. The summed E-state index contributed by atoms with van der Waals surface area (Å²) >= 11 is 0. The van der Waals surface area contributed by atoms with E-state index < -0.39 is 21.0 Å². The highest BCUT2D eigenvalue weighted by Crippen LogP contribution is 2.35. The highest BCUT2D eigenvalue weighted by atomic mass is 32.2. The molecule has 1 aliphatic carbocycles. The van der Waals surface area contributed by atoms with E-state index >= 15 is 0 Å². The smallest absolute Gasteiger partial charge is 0.244 e. The van der Waals surface area contributed by atoms with Crippen LogP contribution in [0.1, 0.15) is 56.9 Å². The first-order valence-corrected chi connectivity index (χ1v) is 13.0. The number of methoxy groups -OCH3 is 1. The first-order chi connectivity index (χ1) is 15.9. The van der Waals surface area contributed by atoms with Crippen molar-refractivity contribution in [2.75, 3.05) is 7.11 Å². The van der Waals surface area contributed by atoms with Gasteiger partial charge in [0.1, 0.15) is 0 Å². The number of sulfone groups is 1. The molecule has 1 fully saturated rings. The molecule has 0 bridgehead atoms. The molecule has 1 unspecified atom stereocenters. The second kappa shape index (κ2) is 12.0. The average molecular weight is 476 g/mol. The summed E-state index contributed by atoms with van der Waals surface area (Å²) in [5.74, 6) is 0.160. The second-order valence-electron chi connectivity index (χ2n) is 8.47. The Bertz CT molecular complexity index is 1000. The molecule has 0 saturated heterocycles. The molecule has 0 heterocycles. The Hall–Kier alpha value is -2.58. The number of hydroxylamine groups is 1. The van der Waals surface area contributed by atoms with E-state index in [-0.39, 0.29) is 17.4 Å². The van der Waals surface area contributed by atoms with E-state index in [1.165, 1.54) is 24.8 Å². The molecular formula is C25H33NO6S. The summed E-state index contributed by atoms with van der Waals surface area (Å²) in [5.41, 5.74) is 2.75. The predicted molar refractivity (Wildman–Crippen MR) is 125 cm³/mol. The first-order valence-electron chi connectivity index (χ1n) is 11.5. The molecule has 1 amide bonds. The zero-order valence-corrected chi connectivity index (χ0v) is 19.9. The zero-order chi connectivity index (χ0) is 23.7. The van der Waals surface area contributed by atoms with Crippen molar-refractivity contribution < 1.29 is 27.9 Å². The van der Waals surface area contributed by atoms with Crippen LogP contribution in [0.3, 0.4) is 0 Å². The van der Waals surface area contributed by atoms with Crippen LogP contribution in [0.25, 0.3) is 0 Å². The van der Waals surface area contributed by atoms with Crippen LogP contribution in [-0.4, -0.2) is 38.0 Å². The van der Waals surface area contributed by atoms with Crippen molar-refractivity contribution in [3.63, 3.8) is 0 Å². The van der Waals surface area contributed by atoms with E-state index in [0.717, 1.165) is 38.5 Å². The maximum Gasteiger partial charge on any atom is 0.244 e. The lowest BCUT2D eigenvalue weighted by Crippen LogP contribution is -2.30. The summed E-state index contributed by atoms with van der Waals surface area (Å²) in [6.45, 7) is 0. The van der Waals surface area contributed by atoms with Crippen molar-refractivity contribution in [3.05, 3.63) is 54.1 Å². The lowest BCUT2D eigenvalue weighted by atomic mass is 10.1. The summed E-state index contributed by atoms with van der Waals surface area (Å²) in [5, 5.41) is 8.01. The maximum atomic E-state index is 13.4. The predicted octanol–water partition coefficient (Wildman–Crippen LogP) is 4.47. The Balaban J connectivity index is 1.72. The van der Waals surface area contributed by atoms with Crippen molar-refractivity contribution in [2.45, 2.75) is 74.0 Å². The van der Waals surface area contributed by atoms with Gasteiger partial charge in [-0.25, -0.2) is 13.9 Å². The molecule has 0 radical (unpaired) electrons. The van der Waals surface area contributed by atoms with E-state index in [1.807, 2.05) is 30.3 Å². The molecule has 0 aromatic heterocycles. The van der Waals surface area contributed by atoms with Crippen LogP contribution in [-0.2, 0) is 21.1 Å². The Morgan fingerprint density at radius 2 is 1.82 bits per heavy atom. The molecule has 7 nitrogen and oxygen atoms in total. The van der Waals surface area contributed by atoms with Gasteiger partial charge >= 0.3 is 0 Å². The average Bonchev–Trinajstić information content (AvgIpc) is 3.34. The fraction of sp³-hybridized carbons (Fsp3) is 0.480. The number of unbranched alkanes of at least 4 members (excludes halogenated alkanes) is 1. The van der Waals surface area contributed by atoms with Crippen LogP contribution in [0.2, 0.25) is 0 Å². The van der Waals surface area contributed by atoms with Crippen LogP contribution in [0, 0.1) is 0 Å². The number of amides is 1. The van der Waals surface area contributed by atoms with E-state index in [1.54, 1.807) is 11.5 Å². The van der Waals surface area contributed by atoms with Crippen molar-refractivity contribution >= 4 is 15.7 Å². The van der Waals surface area contributed by atoms with Crippen LogP contribution < -0.4 is 15.0 Å². The molecule has 1 aliphatic rings. The maximum absolute atomic E-state index is 13.4. The minimum Gasteiger partial charge on any atom is -0.493 e. The van der Waals surface area contributed by atoms with Crippen LogP contribution in [0.4, 0.5) is 0 Å². The molecule has 2 N–H and O–H groups in total. The van der Waals surface area contributed by atoms with Gasteiger partial charge in [0.05, 0.1) is 23.4 Å². The summed E-state index contributed by atoms with van der Waals surface area (Å²) in [6.07, 6.45) is 6.59. The number of rotatable bonds is 12. The molecule has 180 valence electrons. The van der Waals surface area contributed by atoms with E-state index in [4.69, 9.17) is 14.7 Å². The van der Waals surface area contributed by atoms with Crippen molar-refractivity contribution in [1.82, 2.24) is 5.48 Å². The Labute approximate surface area is 196 Å². The summed E-state index contributed by atoms with van der Waals surface area (Å²) in [7, 11) is -2.36. The van der Waals surface area contributed by atoms with Crippen LogP contribution in [0.15, 0.2) is 53.4 Å². The van der Waals surface area contributed by atoms with E-state index in [0.29, 0.717) is 24.3 Å². The van der Waals surface area contributed by atoms with Crippen LogP contribution in [0.5, 0.6) is 11.5 Å². The molecule has 0 aliphatic heterocycles. The molecule has 2 aromatic carbocycles. The van der Waals surface area contributed by atoms with Gasteiger partial charge in [-0.1, -0.05) is 36.8 Å². The molecule has 1 saturated carbocycles. The summed E-state index contributed by atoms with van der Waals surface area (Å²) in [4.78, 5) is 11.9. The number of benzene rings is 2. The Kier molecular flexibility index (Phi) is 9.14. The first kappa shape index (κ1) is 25.1. The van der Waals surface area contributed by atoms with Gasteiger partial charge in [-0.05, 0) is 62.6 Å². The highest BCUT2D eigenvalue weighted by molar-refractivity contribution is 7.92. The topological polar surface area (TPSA) is 102 Å². The number of ether oxygens (including phenoxy) is 2. The van der Waals surface area contributed by atoms with Crippen LogP contribution >= 0.6 is 0 Å². The summed E-state index contributed by atoms with van der Waals surface area (Å²) < 4.78 is 38.3. The Morgan fingerprint density at radius 3 is 2.48 bits per heavy atom. The summed E-state index contributed by atoms with van der Waals surface area (Å²) in [6, 6.07) is 14.6. The molecule has 0 spiro atoms. The van der Waals surface area contributed by atoms with E-state index in [2.05, 4.69) is 0 Å². The molecular weight excluding hydrogens is 442 g/mol. The molecule has 8 heteroatoms. The number of aryl methyl sites for hydroxylation is 1. The second-order valence-corrected chi connectivity index (χ2v) is 10.7. The number of hydrogen-bond donors (Lipinski definition) is 2. The van der Waals surface area contributed by atoms with Crippen molar-refractivity contribution in [2.24, 2.45) is 0 Å². The van der Waals surface area contributed by atoms with Crippen molar-refractivity contribution in [3.8, 4) is 11.5 Å². The number of carbonyl (C=O) groups is 1. The third-order valence-corrected chi connectivity index (χ3v) is 8.31. The highest BCUT2D eigenvalue weighted by Gasteiger charge is 2.30. The lowest BCUT2D eigenvalue weighted by molar-refractivity contribution is -0.129. The zero-order valence-electron chi connectivity index (χ0n) is 19.0. The molecule has 1 atom stereocenters. The minimum atomic E-state index is -3.84. The fourth-order valence-corrected chi connectivity index (χ4v) is 6.03. The largest absolute Gasteiger partial charge is 0.493 e. The molecule has 3 rings (SSSR count). The van der Waals surface area contributed by atoms with E-state index in [9.17, 15) is 13.2 Å². The lowest BCUT2D eigenvalue weighted by Gasteiger charge is -2.19. The normalized spacial score (nSPS) is 15.2. The molecule has 33 heavy (non-hydrogen) atoms. The van der Waals surface area contributed by atoms with Gasteiger partial charge in [0.2, 0.25) is 5.91 Å². The van der Waals surface area contributed by atoms with Gasteiger partial charge in [0.25, 0.3) is 0 Å². The SMILES string of the molecule is COc1cc(S(=O)(=O)C(CCCCc2ccccc2)CC(=O)NO)ccc1OC1CCCC1. The quantitative estimate of drug-likeness (QED) is 0.267. The van der Waals surface area contributed by atoms with Gasteiger partial charge in [0, 0.05) is 12.5 Å². The minimum absolute atomic E-state index is 0.0805. The third kappa shape index (κ3) is 6.95. The third-order valence-electron chi connectivity index (χ3n) is 6.12. The van der Waals surface area contributed by atoms with Gasteiger partial charge in [-0.15, -0.1) is 0 Å². The monoisotopic (exact) mass is 475 g/mol. The number of carbonyl (C=O) groups excluding carboxylic acids is 1. The van der Waals surface area contributed by atoms with Gasteiger partial charge in [-0.3, -0.25) is 10.0 Å². The van der Waals surface area contributed by atoms with Gasteiger partial charge in [0.15, 0.2) is 21.3 Å². The fourth-order valence-electron chi connectivity index (χ4n) is 4.27. The Morgan fingerprint density at radius 1 is 1.09 bits per heavy atom. The van der Waals surface area contributed by atoms with Gasteiger partial charge in [-0.2, -0.15) is 0 Å². The number of nitrogens with one attached hydrogen (secondary N) is 1.